The SMILES string of the molecule is O=C(O)CNC(=O)C(c1ccc(OCc2ccc3ccccc3n2)cc1)C1CCCC1. The molecule has 6 heteroatoms. The van der Waals surface area contributed by atoms with Gasteiger partial charge in [-0.3, -0.25) is 9.59 Å². The van der Waals surface area contributed by atoms with E-state index < -0.39 is 5.97 Å². The molecule has 1 saturated carbocycles. The van der Waals surface area contributed by atoms with E-state index in [1.807, 2.05) is 60.7 Å². The number of fused-ring (bicyclic) bond motifs is 1. The summed E-state index contributed by atoms with van der Waals surface area (Å²) in [6.45, 7) is -0.00264. The van der Waals surface area contributed by atoms with E-state index in [9.17, 15) is 9.59 Å². The number of carboxylic acids is 1. The fraction of sp³-hybridized carbons (Fsp3) is 0.320. The fourth-order valence-corrected chi connectivity index (χ4v) is 4.32. The number of pyridine rings is 1. The minimum Gasteiger partial charge on any atom is -0.487 e. The molecule has 4 rings (SSSR count). The van der Waals surface area contributed by atoms with Crippen LogP contribution in [0.4, 0.5) is 0 Å². The molecular formula is C25H26N2O4. The van der Waals surface area contributed by atoms with Crippen LogP contribution in [-0.2, 0) is 16.2 Å². The number of rotatable bonds is 8. The predicted molar refractivity (Wildman–Crippen MR) is 118 cm³/mol. The number of aromatic nitrogens is 1. The first-order valence-corrected chi connectivity index (χ1v) is 10.7. The molecule has 0 spiro atoms. The molecule has 1 aromatic heterocycles. The number of amides is 1. The zero-order valence-corrected chi connectivity index (χ0v) is 17.3. The number of carboxylic acid groups (broad SMARTS) is 1. The van der Waals surface area contributed by atoms with Crippen molar-refractivity contribution in [3.05, 3.63) is 71.9 Å². The zero-order chi connectivity index (χ0) is 21.6. The van der Waals surface area contributed by atoms with Crippen molar-refractivity contribution in [2.24, 2.45) is 5.92 Å². The summed E-state index contributed by atoms with van der Waals surface area (Å²) >= 11 is 0. The van der Waals surface area contributed by atoms with Crippen LogP contribution in [0.5, 0.6) is 5.75 Å². The van der Waals surface area contributed by atoms with Crippen molar-refractivity contribution in [1.82, 2.24) is 10.3 Å². The lowest BCUT2D eigenvalue weighted by Gasteiger charge is -2.23. The average Bonchev–Trinajstić information content (AvgIpc) is 3.31. The standard InChI is InChI=1S/C25H26N2O4/c28-23(29)15-26-25(30)24(18-6-1-2-7-18)19-10-13-21(14-11-19)31-16-20-12-9-17-5-3-4-8-22(17)27-20/h3-5,8-14,18,24H,1-2,6-7,15-16H2,(H,26,30)(H,28,29). The van der Waals surface area contributed by atoms with E-state index in [2.05, 4.69) is 10.3 Å². The van der Waals surface area contributed by atoms with E-state index in [4.69, 9.17) is 9.84 Å². The molecule has 0 radical (unpaired) electrons. The topological polar surface area (TPSA) is 88.5 Å². The zero-order valence-electron chi connectivity index (χ0n) is 17.3. The molecule has 2 N–H and O–H groups in total. The van der Waals surface area contributed by atoms with E-state index in [0.717, 1.165) is 47.8 Å². The summed E-state index contributed by atoms with van der Waals surface area (Å²) in [7, 11) is 0. The number of hydrogen-bond acceptors (Lipinski definition) is 4. The third kappa shape index (κ3) is 5.20. The third-order valence-corrected chi connectivity index (χ3v) is 5.85. The van der Waals surface area contributed by atoms with Gasteiger partial charge in [0.05, 0.1) is 17.1 Å². The monoisotopic (exact) mass is 418 g/mol. The smallest absolute Gasteiger partial charge is 0.322 e. The average molecular weight is 418 g/mol. The van der Waals surface area contributed by atoms with Gasteiger partial charge in [0.2, 0.25) is 5.91 Å². The number of nitrogens with one attached hydrogen (secondary N) is 1. The summed E-state index contributed by atoms with van der Waals surface area (Å²) in [5.74, 6) is -0.650. The first-order chi connectivity index (χ1) is 15.1. The molecular weight excluding hydrogens is 392 g/mol. The minimum absolute atomic E-state index is 0.219. The highest BCUT2D eigenvalue weighted by atomic mass is 16.5. The summed E-state index contributed by atoms with van der Waals surface area (Å²) in [6.07, 6.45) is 4.18. The van der Waals surface area contributed by atoms with Gasteiger partial charge in [-0.1, -0.05) is 49.2 Å². The normalized spacial score (nSPS) is 15.0. The molecule has 160 valence electrons. The van der Waals surface area contributed by atoms with Gasteiger partial charge in [-0.15, -0.1) is 0 Å². The van der Waals surface area contributed by atoms with Crippen LogP contribution in [0.25, 0.3) is 10.9 Å². The van der Waals surface area contributed by atoms with E-state index in [-0.39, 0.29) is 24.3 Å². The minimum atomic E-state index is -1.04. The molecule has 0 saturated heterocycles. The first-order valence-electron chi connectivity index (χ1n) is 10.7. The molecule has 1 unspecified atom stereocenters. The Bertz CT molecular complexity index is 1060. The highest BCUT2D eigenvalue weighted by Crippen LogP contribution is 2.38. The molecule has 1 amide bonds. The highest BCUT2D eigenvalue weighted by molar-refractivity contribution is 5.87. The molecule has 1 aliphatic rings. The molecule has 1 atom stereocenters. The quantitative estimate of drug-likeness (QED) is 0.570. The van der Waals surface area contributed by atoms with E-state index in [1.54, 1.807) is 0 Å². The van der Waals surface area contributed by atoms with E-state index in [0.29, 0.717) is 12.4 Å². The van der Waals surface area contributed by atoms with Crippen LogP contribution in [0.1, 0.15) is 42.9 Å². The van der Waals surface area contributed by atoms with Crippen LogP contribution >= 0.6 is 0 Å². The number of carbonyl (C=O) groups excluding carboxylic acids is 1. The van der Waals surface area contributed by atoms with Crippen molar-refractivity contribution >= 4 is 22.8 Å². The van der Waals surface area contributed by atoms with Gasteiger partial charge in [0.15, 0.2) is 0 Å². The summed E-state index contributed by atoms with van der Waals surface area (Å²) in [4.78, 5) is 28.2. The Morgan fingerprint density at radius 3 is 2.52 bits per heavy atom. The second-order valence-corrected chi connectivity index (χ2v) is 7.99. The first kappa shape index (κ1) is 20.8. The summed E-state index contributed by atoms with van der Waals surface area (Å²) in [5.41, 5.74) is 2.68. The predicted octanol–water partition coefficient (Wildman–Crippen LogP) is 4.29. The summed E-state index contributed by atoms with van der Waals surface area (Å²) in [6, 6.07) is 19.5. The number of hydrogen-bond donors (Lipinski definition) is 2. The van der Waals surface area contributed by atoms with Gasteiger partial charge in [0.1, 0.15) is 18.9 Å². The number of para-hydroxylation sites is 1. The van der Waals surface area contributed by atoms with E-state index >= 15 is 0 Å². The van der Waals surface area contributed by atoms with Gasteiger partial charge in [0, 0.05) is 5.39 Å². The Morgan fingerprint density at radius 1 is 1.03 bits per heavy atom. The molecule has 0 aliphatic heterocycles. The van der Waals surface area contributed by atoms with Crippen molar-refractivity contribution in [3.8, 4) is 5.75 Å². The van der Waals surface area contributed by atoms with Gasteiger partial charge in [-0.05, 0) is 48.6 Å². The van der Waals surface area contributed by atoms with Gasteiger partial charge >= 0.3 is 5.97 Å². The van der Waals surface area contributed by atoms with Crippen LogP contribution in [0.2, 0.25) is 0 Å². The fourth-order valence-electron chi connectivity index (χ4n) is 4.32. The lowest BCUT2D eigenvalue weighted by atomic mass is 9.84. The molecule has 1 fully saturated rings. The summed E-state index contributed by atoms with van der Waals surface area (Å²) in [5, 5.41) is 12.5. The maximum Gasteiger partial charge on any atom is 0.322 e. The van der Waals surface area contributed by atoms with Crippen LogP contribution in [0, 0.1) is 5.92 Å². The van der Waals surface area contributed by atoms with E-state index in [1.165, 1.54) is 0 Å². The van der Waals surface area contributed by atoms with Crippen LogP contribution in [-0.4, -0.2) is 28.5 Å². The Kier molecular flexibility index (Phi) is 6.46. The molecule has 1 heterocycles. The van der Waals surface area contributed by atoms with Crippen molar-refractivity contribution < 1.29 is 19.4 Å². The Morgan fingerprint density at radius 2 is 1.77 bits per heavy atom. The van der Waals surface area contributed by atoms with Gasteiger partial charge < -0.3 is 15.2 Å². The maximum absolute atomic E-state index is 12.7. The largest absolute Gasteiger partial charge is 0.487 e. The van der Waals surface area contributed by atoms with Gasteiger partial charge in [0.25, 0.3) is 0 Å². The lowest BCUT2D eigenvalue weighted by Crippen LogP contribution is -2.36. The Labute approximate surface area is 181 Å². The number of carbonyl (C=O) groups is 2. The van der Waals surface area contributed by atoms with Crippen molar-refractivity contribution in [3.63, 3.8) is 0 Å². The number of ether oxygens (including phenoxy) is 1. The van der Waals surface area contributed by atoms with Gasteiger partial charge in [-0.2, -0.15) is 0 Å². The molecule has 3 aromatic rings. The van der Waals surface area contributed by atoms with Crippen LogP contribution in [0.3, 0.4) is 0 Å². The van der Waals surface area contributed by atoms with Crippen molar-refractivity contribution in [2.75, 3.05) is 6.54 Å². The third-order valence-electron chi connectivity index (χ3n) is 5.85. The molecule has 31 heavy (non-hydrogen) atoms. The molecule has 2 aromatic carbocycles. The van der Waals surface area contributed by atoms with Crippen molar-refractivity contribution in [1.29, 1.82) is 0 Å². The molecule has 6 nitrogen and oxygen atoms in total. The lowest BCUT2D eigenvalue weighted by molar-refractivity contribution is -0.138. The van der Waals surface area contributed by atoms with Crippen LogP contribution < -0.4 is 10.1 Å². The molecule has 0 bridgehead atoms. The Balaban J connectivity index is 1.44. The number of aliphatic carboxylic acids is 1. The maximum atomic E-state index is 12.7. The Hall–Kier alpha value is -3.41. The van der Waals surface area contributed by atoms with Crippen LogP contribution in [0.15, 0.2) is 60.7 Å². The second-order valence-electron chi connectivity index (χ2n) is 7.99. The number of benzene rings is 2. The number of nitrogens with zero attached hydrogens (tertiary/aromatic N) is 1. The second kappa shape index (κ2) is 9.60. The summed E-state index contributed by atoms with van der Waals surface area (Å²) < 4.78 is 5.90. The van der Waals surface area contributed by atoms with Gasteiger partial charge in [-0.25, -0.2) is 4.98 Å². The highest BCUT2D eigenvalue weighted by Gasteiger charge is 2.32. The molecule has 1 aliphatic carbocycles. The van der Waals surface area contributed by atoms with Crippen molar-refractivity contribution in [2.45, 2.75) is 38.2 Å².